The first kappa shape index (κ1) is 45.6. The number of hydrogen-bond acceptors (Lipinski definition) is 12. The van der Waals surface area contributed by atoms with Crippen molar-refractivity contribution in [3.8, 4) is 0 Å². The maximum Gasteiger partial charge on any atom is 0.410 e. The highest BCUT2D eigenvalue weighted by Gasteiger charge is 2.19. The van der Waals surface area contributed by atoms with Crippen molar-refractivity contribution in [1.29, 1.82) is 0 Å². The van der Waals surface area contributed by atoms with Crippen LogP contribution in [0.15, 0.2) is 0 Å². The third-order valence-corrected chi connectivity index (χ3v) is 6.56. The molecule has 0 aliphatic rings. The lowest BCUT2D eigenvalue weighted by atomic mass is 10.2. The average Bonchev–Trinajstić information content (AvgIpc) is 3.02. The van der Waals surface area contributed by atoms with Crippen LogP contribution in [-0.2, 0) is 52.1 Å². The van der Waals surface area contributed by atoms with Crippen LogP contribution in [-0.4, -0.2) is 167 Å². The van der Waals surface area contributed by atoms with Gasteiger partial charge in [-0.2, -0.15) is 0 Å². The minimum atomic E-state index is -0.507. The van der Waals surface area contributed by atoms with E-state index in [4.69, 9.17) is 52.1 Å². The molecule has 14 heteroatoms. The molecule has 0 unspecified atom stereocenters. The van der Waals surface area contributed by atoms with Crippen LogP contribution in [0.25, 0.3) is 0 Å². The Morgan fingerprint density at radius 3 is 1.04 bits per heavy atom. The van der Waals surface area contributed by atoms with Crippen LogP contribution in [0.1, 0.15) is 46.5 Å². The van der Waals surface area contributed by atoms with Crippen molar-refractivity contribution in [3.63, 3.8) is 0 Å². The minimum absolute atomic E-state index is 0.361. The van der Waals surface area contributed by atoms with Crippen molar-refractivity contribution < 1.29 is 56.9 Å². The predicted molar refractivity (Wildman–Crippen MR) is 184 cm³/mol. The van der Waals surface area contributed by atoms with Gasteiger partial charge in [-0.15, -0.1) is 0 Å². The molecule has 0 aromatic heterocycles. The van der Waals surface area contributed by atoms with Crippen molar-refractivity contribution in [1.82, 2.24) is 4.90 Å². The molecule has 0 heterocycles. The van der Waals surface area contributed by atoms with Crippen molar-refractivity contribution in [2.24, 2.45) is 0 Å². The number of nitrogens with zero attached hydrogens (tertiary/aromatic N) is 1. The summed E-state index contributed by atoms with van der Waals surface area (Å²) in [4.78, 5) is 13.3. The number of halogens is 1. The Morgan fingerprint density at radius 1 is 0.457 bits per heavy atom. The topological polar surface area (TPSA) is 122 Å². The Balaban J connectivity index is 3.14. The molecule has 0 atom stereocenters. The van der Waals surface area contributed by atoms with Crippen LogP contribution >= 0.6 is 22.6 Å². The van der Waals surface area contributed by atoms with E-state index < -0.39 is 5.60 Å². The van der Waals surface area contributed by atoms with Gasteiger partial charge in [0.25, 0.3) is 0 Å². The molecule has 0 aromatic carbocycles. The molecule has 0 rings (SSSR count). The summed E-state index contributed by atoms with van der Waals surface area (Å²) in [5.41, 5.74) is -0.507. The van der Waals surface area contributed by atoms with Gasteiger partial charge in [0, 0.05) is 20.2 Å². The Bertz CT molecular complexity index is 630. The van der Waals surface area contributed by atoms with Gasteiger partial charge in [-0.3, -0.25) is 0 Å². The molecule has 0 aromatic rings. The smallest absolute Gasteiger partial charge is 0.410 e. The second kappa shape index (κ2) is 35.9. The van der Waals surface area contributed by atoms with E-state index in [1.165, 1.54) is 28.6 Å². The third-order valence-electron chi connectivity index (χ3n) is 5.80. The molecule has 1 amide bonds. The van der Waals surface area contributed by atoms with Crippen molar-refractivity contribution in [3.05, 3.63) is 0 Å². The van der Waals surface area contributed by atoms with Crippen LogP contribution < -0.4 is 0 Å². The molecule has 0 radical (unpaired) electrons. The van der Waals surface area contributed by atoms with E-state index >= 15 is 0 Å². The minimum Gasteiger partial charge on any atom is -0.444 e. The van der Waals surface area contributed by atoms with E-state index in [-0.39, 0.29) is 6.09 Å². The third kappa shape index (κ3) is 38.1. The van der Waals surface area contributed by atoms with Gasteiger partial charge in [-0.05, 0) is 38.0 Å². The lowest BCUT2D eigenvalue weighted by Crippen LogP contribution is -2.36. The van der Waals surface area contributed by atoms with E-state index in [1.54, 1.807) is 7.05 Å². The zero-order valence-corrected chi connectivity index (χ0v) is 31.3. The second-order valence-corrected chi connectivity index (χ2v) is 12.2. The summed E-state index contributed by atoms with van der Waals surface area (Å²) in [6.07, 6.45) is 4.61. The Labute approximate surface area is 291 Å². The van der Waals surface area contributed by atoms with Gasteiger partial charge >= 0.3 is 6.09 Å². The molecule has 0 spiro atoms. The number of carbonyl (C=O) groups is 1. The van der Waals surface area contributed by atoms with Gasteiger partial charge < -0.3 is 57.0 Å². The van der Waals surface area contributed by atoms with Crippen LogP contribution in [0.2, 0.25) is 0 Å². The summed E-state index contributed by atoms with van der Waals surface area (Å²) in [7, 11) is 1.68. The summed E-state index contributed by atoms with van der Waals surface area (Å²) in [5, 5.41) is 0. The first-order valence-electron chi connectivity index (χ1n) is 16.6. The SMILES string of the molecule is CN(CCOCCOCCOCCOCCOCCOCCOCCOCCOCCOCCCCCCI)C(=O)OC(C)(C)C. The molecule has 46 heavy (non-hydrogen) atoms. The van der Waals surface area contributed by atoms with E-state index in [1.807, 2.05) is 20.8 Å². The summed E-state index contributed by atoms with van der Waals surface area (Å²) in [6, 6.07) is 0. The van der Waals surface area contributed by atoms with Crippen molar-refractivity contribution >= 4 is 28.7 Å². The Kier molecular flexibility index (Phi) is 35.6. The van der Waals surface area contributed by atoms with Crippen LogP contribution in [0, 0.1) is 0 Å². The lowest BCUT2D eigenvalue weighted by molar-refractivity contribution is -0.0267. The largest absolute Gasteiger partial charge is 0.444 e. The zero-order valence-electron chi connectivity index (χ0n) is 29.1. The van der Waals surface area contributed by atoms with Gasteiger partial charge in [0.15, 0.2) is 0 Å². The van der Waals surface area contributed by atoms with Gasteiger partial charge in [0.05, 0.1) is 126 Å². The average molecular weight is 782 g/mol. The summed E-state index contributed by atoms with van der Waals surface area (Å²) in [5.74, 6) is 0. The highest BCUT2D eigenvalue weighted by atomic mass is 127. The Hall–Kier alpha value is -0.400. The normalized spacial score (nSPS) is 11.8. The van der Waals surface area contributed by atoms with E-state index in [0.29, 0.717) is 132 Å². The number of ether oxygens (including phenoxy) is 11. The standard InChI is InChI=1S/C32H64INO12/c1-32(2,3)46-31(35)34(4)10-12-37-14-16-39-18-20-41-22-24-43-26-28-45-30-29-44-27-25-42-23-21-40-19-17-38-15-13-36-11-8-6-5-7-9-33/h5-30H2,1-4H3. The predicted octanol–water partition coefficient (Wildman–Crippen LogP) is 4.01. The van der Waals surface area contributed by atoms with E-state index in [0.717, 1.165) is 13.0 Å². The molecule has 0 fully saturated rings. The number of hydrogen-bond donors (Lipinski definition) is 0. The molecule has 276 valence electrons. The maximum absolute atomic E-state index is 11.9. The fourth-order valence-electron chi connectivity index (χ4n) is 3.37. The number of amides is 1. The van der Waals surface area contributed by atoms with E-state index in [9.17, 15) is 4.79 Å². The highest BCUT2D eigenvalue weighted by Crippen LogP contribution is 2.08. The molecule has 13 nitrogen and oxygen atoms in total. The monoisotopic (exact) mass is 781 g/mol. The number of unbranched alkanes of at least 4 members (excludes halogenated alkanes) is 3. The second-order valence-electron chi connectivity index (χ2n) is 11.1. The molecule has 0 aliphatic carbocycles. The zero-order chi connectivity index (χ0) is 33.8. The molecule has 0 N–H and O–H groups in total. The number of likely N-dealkylation sites (N-methyl/N-ethyl adjacent to an activating group) is 1. The number of alkyl halides is 1. The fourth-order valence-corrected chi connectivity index (χ4v) is 3.91. The maximum atomic E-state index is 11.9. The van der Waals surface area contributed by atoms with Gasteiger partial charge in [-0.1, -0.05) is 35.4 Å². The van der Waals surface area contributed by atoms with E-state index in [2.05, 4.69) is 22.6 Å². The quantitative estimate of drug-likeness (QED) is 0.0519. The first-order chi connectivity index (χ1) is 22.4. The van der Waals surface area contributed by atoms with Crippen molar-refractivity contribution in [2.75, 3.05) is 150 Å². The molecule has 0 bridgehead atoms. The fraction of sp³-hybridized carbons (Fsp3) is 0.969. The summed E-state index contributed by atoms with van der Waals surface area (Å²) >= 11 is 2.42. The highest BCUT2D eigenvalue weighted by molar-refractivity contribution is 14.1. The van der Waals surface area contributed by atoms with Gasteiger partial charge in [0.1, 0.15) is 5.60 Å². The number of rotatable bonds is 36. The molecule has 0 saturated carbocycles. The van der Waals surface area contributed by atoms with Gasteiger partial charge in [-0.25, -0.2) is 4.79 Å². The van der Waals surface area contributed by atoms with Gasteiger partial charge in [0.2, 0.25) is 0 Å². The number of carbonyl (C=O) groups excluding carboxylic acids is 1. The molecular weight excluding hydrogens is 717 g/mol. The van der Waals surface area contributed by atoms with Crippen LogP contribution in [0.3, 0.4) is 0 Å². The Morgan fingerprint density at radius 2 is 0.739 bits per heavy atom. The molecule has 0 saturated heterocycles. The lowest BCUT2D eigenvalue weighted by Gasteiger charge is -2.24. The van der Waals surface area contributed by atoms with Crippen LogP contribution in [0.4, 0.5) is 4.79 Å². The van der Waals surface area contributed by atoms with Crippen molar-refractivity contribution in [2.45, 2.75) is 52.1 Å². The summed E-state index contributed by atoms with van der Waals surface area (Å²) < 4.78 is 61.4. The van der Waals surface area contributed by atoms with Crippen LogP contribution in [0.5, 0.6) is 0 Å². The molecule has 0 aliphatic heterocycles. The molecular formula is C32H64INO12. The first-order valence-corrected chi connectivity index (χ1v) is 18.2. The summed E-state index contributed by atoms with van der Waals surface area (Å²) in [6.45, 7) is 16.6.